The fraction of sp³-hybridized carbons (Fsp3) is 0.353. The Morgan fingerprint density at radius 1 is 1.28 bits per heavy atom. The Labute approximate surface area is 111 Å². The minimum absolute atomic E-state index is 0.312. The van der Waals surface area contributed by atoms with Gasteiger partial charge in [-0.05, 0) is 35.1 Å². The number of rotatable bonds is 3. The van der Waals surface area contributed by atoms with Crippen LogP contribution in [0.2, 0.25) is 0 Å². The lowest BCUT2D eigenvalue weighted by molar-refractivity contribution is 0.411. The zero-order chi connectivity index (χ0) is 13.6. The topological polar surface area (TPSA) is 12.4 Å². The van der Waals surface area contributed by atoms with Crippen LogP contribution in [0, 0.1) is 17.8 Å². The third-order valence-electron chi connectivity index (χ3n) is 2.56. The van der Waals surface area contributed by atoms with Crippen LogP contribution in [0.3, 0.4) is 0 Å². The third kappa shape index (κ3) is 4.59. The predicted molar refractivity (Wildman–Crippen MR) is 80.0 cm³/mol. The maximum absolute atomic E-state index is 5.21. The van der Waals surface area contributed by atoms with Crippen molar-refractivity contribution in [3.05, 3.63) is 47.5 Å². The van der Waals surface area contributed by atoms with E-state index in [1.165, 1.54) is 5.56 Å². The molecule has 1 rings (SSSR count). The van der Waals surface area contributed by atoms with Crippen LogP contribution in [0.5, 0.6) is 0 Å². The highest BCUT2D eigenvalue weighted by molar-refractivity contribution is 6.08. The largest absolute Gasteiger partial charge is 0.288 e. The Hall–Kier alpha value is -1.81. The van der Waals surface area contributed by atoms with Crippen molar-refractivity contribution < 1.29 is 0 Å². The Kier molecular flexibility index (Phi) is 4.92. The van der Waals surface area contributed by atoms with Crippen molar-refractivity contribution in [2.24, 2.45) is 10.4 Å². The summed E-state index contributed by atoms with van der Waals surface area (Å²) in [4.78, 5) is 4.23. The highest BCUT2D eigenvalue weighted by Crippen LogP contribution is 2.20. The highest BCUT2D eigenvalue weighted by Gasteiger charge is 2.11. The van der Waals surface area contributed by atoms with E-state index < -0.39 is 0 Å². The van der Waals surface area contributed by atoms with Crippen LogP contribution in [-0.2, 0) is 6.42 Å². The van der Waals surface area contributed by atoms with Gasteiger partial charge in [-0.1, -0.05) is 51.0 Å². The molecule has 0 unspecified atom stereocenters. The van der Waals surface area contributed by atoms with E-state index in [2.05, 4.69) is 55.9 Å². The van der Waals surface area contributed by atoms with Crippen LogP contribution in [0.25, 0.3) is 0 Å². The minimum Gasteiger partial charge on any atom is -0.288 e. The first-order chi connectivity index (χ1) is 8.46. The Morgan fingerprint density at radius 2 is 1.89 bits per heavy atom. The molecule has 18 heavy (non-hydrogen) atoms. The monoisotopic (exact) mass is 239 g/mol. The second-order valence-corrected chi connectivity index (χ2v) is 5.54. The van der Waals surface area contributed by atoms with E-state index in [1.54, 1.807) is 13.1 Å². The number of benzene rings is 1. The van der Waals surface area contributed by atoms with Gasteiger partial charge in [-0.2, -0.15) is 0 Å². The average Bonchev–Trinajstić information content (AvgIpc) is 2.30. The number of terminal acetylenes is 1. The maximum atomic E-state index is 5.21. The van der Waals surface area contributed by atoms with Crippen LogP contribution >= 0.6 is 0 Å². The molecule has 0 aliphatic heterocycles. The summed E-state index contributed by atoms with van der Waals surface area (Å²) in [5.41, 5.74) is 3.67. The van der Waals surface area contributed by atoms with Crippen LogP contribution < -0.4 is 0 Å². The first-order valence-electron chi connectivity index (χ1n) is 6.15. The summed E-state index contributed by atoms with van der Waals surface area (Å²) in [5, 5.41) is 0. The standard InChI is InChI=1S/C17H21N/c1-6-7-8-16(18-5)15-11-9-14(10-12-15)13-17(2,3)4/h1,7-12H,13H2,2-5H3/b8-7-,18-16+. The number of hydrogen-bond acceptors (Lipinski definition) is 1. The number of nitrogens with zero attached hydrogens (tertiary/aromatic N) is 1. The maximum Gasteiger partial charge on any atom is 0.0649 e. The van der Waals surface area contributed by atoms with Gasteiger partial charge in [0.15, 0.2) is 0 Å². The number of hydrogen-bond donors (Lipinski definition) is 0. The van der Waals surface area contributed by atoms with E-state index in [0.717, 1.165) is 17.7 Å². The third-order valence-corrected chi connectivity index (χ3v) is 2.56. The molecule has 0 radical (unpaired) electrons. The van der Waals surface area contributed by atoms with Gasteiger partial charge in [-0.15, -0.1) is 6.42 Å². The second-order valence-electron chi connectivity index (χ2n) is 5.54. The average molecular weight is 239 g/mol. The molecule has 0 aliphatic carbocycles. The molecule has 0 atom stereocenters. The number of aliphatic imine (C=N–C) groups is 1. The van der Waals surface area contributed by atoms with Gasteiger partial charge < -0.3 is 0 Å². The molecule has 0 aliphatic rings. The van der Waals surface area contributed by atoms with Crippen molar-refractivity contribution in [3.63, 3.8) is 0 Å². The molecular formula is C17H21N. The lowest BCUT2D eigenvalue weighted by Gasteiger charge is -2.18. The smallest absolute Gasteiger partial charge is 0.0649 e. The first kappa shape index (κ1) is 14.3. The lowest BCUT2D eigenvalue weighted by Crippen LogP contribution is -2.09. The molecule has 0 aromatic heterocycles. The molecular weight excluding hydrogens is 218 g/mol. The first-order valence-corrected chi connectivity index (χ1v) is 6.15. The van der Waals surface area contributed by atoms with Crippen LogP contribution in [0.4, 0.5) is 0 Å². The normalized spacial score (nSPS) is 12.7. The van der Waals surface area contributed by atoms with Gasteiger partial charge in [0, 0.05) is 7.05 Å². The zero-order valence-electron chi connectivity index (χ0n) is 11.7. The van der Waals surface area contributed by atoms with Crippen molar-refractivity contribution in [2.45, 2.75) is 27.2 Å². The summed E-state index contributed by atoms with van der Waals surface area (Å²) in [6, 6.07) is 8.53. The molecule has 1 nitrogen and oxygen atoms in total. The number of allylic oxidation sites excluding steroid dienone is 2. The van der Waals surface area contributed by atoms with Gasteiger partial charge in [0.1, 0.15) is 0 Å². The van der Waals surface area contributed by atoms with Crippen molar-refractivity contribution in [3.8, 4) is 12.3 Å². The fourth-order valence-electron chi connectivity index (χ4n) is 1.83. The Balaban J connectivity index is 2.89. The molecule has 0 amide bonds. The van der Waals surface area contributed by atoms with E-state index in [9.17, 15) is 0 Å². The van der Waals surface area contributed by atoms with Gasteiger partial charge in [0.05, 0.1) is 5.71 Å². The molecule has 1 heteroatoms. The summed E-state index contributed by atoms with van der Waals surface area (Å²) in [7, 11) is 1.78. The zero-order valence-corrected chi connectivity index (χ0v) is 11.7. The van der Waals surface area contributed by atoms with E-state index in [-0.39, 0.29) is 0 Å². The van der Waals surface area contributed by atoms with E-state index in [0.29, 0.717) is 5.41 Å². The molecule has 0 saturated heterocycles. The van der Waals surface area contributed by atoms with E-state index >= 15 is 0 Å². The molecule has 0 N–H and O–H groups in total. The Morgan fingerprint density at radius 3 is 2.33 bits per heavy atom. The lowest BCUT2D eigenvalue weighted by atomic mass is 9.88. The Bertz CT molecular complexity index is 476. The minimum atomic E-state index is 0.312. The van der Waals surface area contributed by atoms with Gasteiger partial charge in [-0.25, -0.2) is 0 Å². The molecule has 0 heterocycles. The quantitative estimate of drug-likeness (QED) is 0.560. The molecule has 0 spiro atoms. The van der Waals surface area contributed by atoms with Crippen LogP contribution in [0.15, 0.2) is 41.4 Å². The van der Waals surface area contributed by atoms with E-state index in [4.69, 9.17) is 6.42 Å². The SMILES string of the molecule is C#C/C=C\C(=N/C)c1ccc(CC(C)(C)C)cc1. The van der Waals surface area contributed by atoms with Gasteiger partial charge in [-0.3, -0.25) is 4.99 Å². The summed E-state index contributed by atoms with van der Waals surface area (Å²) < 4.78 is 0. The molecule has 0 fully saturated rings. The predicted octanol–water partition coefficient (Wildman–Crippen LogP) is 3.88. The molecule has 1 aromatic rings. The summed E-state index contributed by atoms with van der Waals surface area (Å²) in [6.45, 7) is 6.74. The fourth-order valence-corrected chi connectivity index (χ4v) is 1.83. The van der Waals surface area contributed by atoms with Crippen molar-refractivity contribution >= 4 is 5.71 Å². The van der Waals surface area contributed by atoms with Gasteiger partial charge in [0.25, 0.3) is 0 Å². The van der Waals surface area contributed by atoms with Crippen LogP contribution in [0.1, 0.15) is 31.9 Å². The molecule has 0 bridgehead atoms. The molecule has 0 saturated carbocycles. The second kappa shape index (κ2) is 6.21. The van der Waals surface area contributed by atoms with Gasteiger partial charge >= 0.3 is 0 Å². The summed E-state index contributed by atoms with van der Waals surface area (Å²) in [5.74, 6) is 2.48. The summed E-state index contributed by atoms with van der Waals surface area (Å²) >= 11 is 0. The van der Waals surface area contributed by atoms with Crippen molar-refractivity contribution in [1.29, 1.82) is 0 Å². The van der Waals surface area contributed by atoms with Crippen molar-refractivity contribution in [2.75, 3.05) is 7.05 Å². The summed E-state index contributed by atoms with van der Waals surface area (Å²) in [6.07, 6.45) is 9.82. The van der Waals surface area contributed by atoms with E-state index in [1.807, 2.05) is 6.08 Å². The molecule has 1 aromatic carbocycles. The highest BCUT2D eigenvalue weighted by atomic mass is 14.7. The molecule has 94 valence electrons. The van der Waals surface area contributed by atoms with Crippen molar-refractivity contribution in [1.82, 2.24) is 0 Å². The van der Waals surface area contributed by atoms with Crippen LogP contribution in [-0.4, -0.2) is 12.8 Å². The van der Waals surface area contributed by atoms with Gasteiger partial charge in [0.2, 0.25) is 0 Å².